The molecule has 0 bridgehead atoms. The number of aromatic nitrogens is 4. The molecule has 3 heterocycles. The van der Waals surface area contributed by atoms with Crippen LogP contribution in [-0.4, -0.2) is 39.2 Å². The Hall–Kier alpha value is -1.41. The van der Waals surface area contributed by atoms with Crippen molar-refractivity contribution in [2.75, 3.05) is 18.0 Å². The molecule has 3 rings (SSSR count). The van der Waals surface area contributed by atoms with E-state index in [1.165, 1.54) is 11.1 Å². The predicted octanol–water partition coefficient (Wildman–Crippen LogP) is 3.51. The number of nitrogens with zero attached hydrogens (tertiary/aromatic N) is 5. The molecule has 0 radical (unpaired) electrons. The van der Waals surface area contributed by atoms with E-state index in [1.807, 2.05) is 0 Å². The molecule has 10 heteroatoms. The van der Waals surface area contributed by atoms with Crippen molar-refractivity contribution in [2.24, 2.45) is 5.92 Å². The molecule has 1 aliphatic rings. The van der Waals surface area contributed by atoms with E-state index in [0.717, 1.165) is 0 Å². The van der Waals surface area contributed by atoms with Gasteiger partial charge < -0.3 is 4.90 Å². The van der Waals surface area contributed by atoms with Gasteiger partial charge in [-0.1, -0.05) is 11.6 Å². The summed E-state index contributed by atoms with van der Waals surface area (Å²) >= 11 is 11.6. The van der Waals surface area contributed by atoms with E-state index >= 15 is 0 Å². The van der Waals surface area contributed by atoms with E-state index in [4.69, 9.17) is 23.2 Å². The van der Waals surface area contributed by atoms with E-state index in [-0.39, 0.29) is 40.4 Å². The summed E-state index contributed by atoms with van der Waals surface area (Å²) in [5.41, 5.74) is 0.452. The summed E-state index contributed by atoms with van der Waals surface area (Å²) in [5.74, 6) is -1.14. The van der Waals surface area contributed by atoms with Crippen LogP contribution in [0.3, 0.4) is 0 Å². The standard InChI is InChI=1S/C12H10Cl2F3N5/c13-7-4-18-8-9(19-7)20-11(14)21-10(8)22-3-1-2-6(5-22)12(15,16)17/h4,6H,1-3,5H2. The molecule has 0 aromatic carbocycles. The number of fused-ring (bicyclic) bond motifs is 1. The van der Waals surface area contributed by atoms with Crippen LogP contribution in [0.1, 0.15) is 12.8 Å². The average Bonchev–Trinajstić information content (AvgIpc) is 2.45. The van der Waals surface area contributed by atoms with Gasteiger partial charge in [-0.3, -0.25) is 0 Å². The fraction of sp³-hybridized carbons (Fsp3) is 0.500. The average molecular weight is 352 g/mol. The zero-order valence-electron chi connectivity index (χ0n) is 11.1. The highest BCUT2D eigenvalue weighted by Gasteiger charge is 2.42. The minimum atomic E-state index is -4.24. The molecule has 0 spiro atoms. The highest BCUT2D eigenvalue weighted by atomic mass is 35.5. The quantitative estimate of drug-likeness (QED) is 0.736. The van der Waals surface area contributed by atoms with Gasteiger partial charge in [0.1, 0.15) is 5.15 Å². The second kappa shape index (κ2) is 5.66. The summed E-state index contributed by atoms with van der Waals surface area (Å²) in [4.78, 5) is 17.5. The molecular weight excluding hydrogens is 342 g/mol. The highest BCUT2D eigenvalue weighted by Crippen LogP contribution is 2.35. The number of alkyl halides is 3. The van der Waals surface area contributed by atoms with Gasteiger partial charge in [-0.25, -0.2) is 9.97 Å². The Morgan fingerprint density at radius 3 is 2.68 bits per heavy atom. The largest absolute Gasteiger partial charge is 0.393 e. The summed E-state index contributed by atoms with van der Waals surface area (Å²) in [6.45, 7) is 0.260. The first-order chi connectivity index (χ1) is 10.3. The Bertz CT molecular complexity index is 704. The zero-order chi connectivity index (χ0) is 15.9. The number of piperidine rings is 1. The number of anilines is 1. The summed E-state index contributed by atoms with van der Waals surface area (Å²) in [5, 5.41) is 0.0215. The second-order valence-electron chi connectivity index (χ2n) is 5.01. The molecule has 0 saturated carbocycles. The minimum absolute atomic E-state index is 0.104. The monoisotopic (exact) mass is 351 g/mol. The molecule has 22 heavy (non-hydrogen) atoms. The molecule has 2 aromatic rings. The first-order valence-corrected chi connectivity index (χ1v) is 7.27. The van der Waals surface area contributed by atoms with Gasteiger partial charge in [0.15, 0.2) is 17.0 Å². The van der Waals surface area contributed by atoms with Gasteiger partial charge in [0.2, 0.25) is 5.28 Å². The first kappa shape index (κ1) is 15.5. The third-order valence-electron chi connectivity index (χ3n) is 3.52. The molecule has 1 unspecified atom stereocenters. The molecule has 5 nitrogen and oxygen atoms in total. The summed E-state index contributed by atoms with van der Waals surface area (Å²) in [7, 11) is 0. The third-order valence-corrected chi connectivity index (χ3v) is 3.87. The number of hydrogen-bond donors (Lipinski definition) is 0. The Kier molecular flexibility index (Phi) is 3.98. The van der Waals surface area contributed by atoms with E-state index in [2.05, 4.69) is 19.9 Å². The molecule has 0 amide bonds. The maximum Gasteiger partial charge on any atom is 0.393 e. The molecule has 0 aliphatic carbocycles. The van der Waals surface area contributed by atoms with Crippen molar-refractivity contribution >= 4 is 40.2 Å². The lowest BCUT2D eigenvalue weighted by atomic mass is 9.97. The molecule has 118 valence electrons. The predicted molar refractivity (Wildman–Crippen MR) is 76.1 cm³/mol. The Morgan fingerprint density at radius 2 is 1.95 bits per heavy atom. The minimum Gasteiger partial charge on any atom is -0.354 e. The van der Waals surface area contributed by atoms with Crippen molar-refractivity contribution in [1.82, 2.24) is 19.9 Å². The molecule has 1 saturated heterocycles. The smallest absolute Gasteiger partial charge is 0.354 e. The van der Waals surface area contributed by atoms with Crippen molar-refractivity contribution in [3.05, 3.63) is 16.6 Å². The van der Waals surface area contributed by atoms with Gasteiger partial charge in [0.05, 0.1) is 12.1 Å². The SMILES string of the molecule is FC(F)(F)C1CCCN(c2nc(Cl)nc3nc(Cl)cnc23)C1. The van der Waals surface area contributed by atoms with Crippen molar-refractivity contribution in [3.8, 4) is 0 Å². The van der Waals surface area contributed by atoms with Crippen molar-refractivity contribution < 1.29 is 13.2 Å². The van der Waals surface area contributed by atoms with Crippen LogP contribution in [0.4, 0.5) is 19.0 Å². The first-order valence-electron chi connectivity index (χ1n) is 6.52. The van der Waals surface area contributed by atoms with Gasteiger partial charge in [0.25, 0.3) is 0 Å². The number of rotatable bonds is 1. The maximum absolute atomic E-state index is 12.9. The Balaban J connectivity index is 2.02. The van der Waals surface area contributed by atoms with Gasteiger partial charge in [-0.05, 0) is 24.4 Å². The van der Waals surface area contributed by atoms with E-state index in [1.54, 1.807) is 0 Å². The van der Waals surface area contributed by atoms with Crippen LogP contribution >= 0.6 is 23.2 Å². The molecule has 1 aliphatic heterocycles. The van der Waals surface area contributed by atoms with Crippen LogP contribution in [0.25, 0.3) is 11.2 Å². The normalized spacial score (nSPS) is 19.7. The second-order valence-corrected chi connectivity index (χ2v) is 5.73. The summed E-state index contributed by atoms with van der Waals surface area (Å²) < 4.78 is 38.8. The molecule has 2 aromatic heterocycles. The lowest BCUT2D eigenvalue weighted by Gasteiger charge is -2.34. The Labute approximate surface area is 133 Å². The number of halogens is 5. The van der Waals surface area contributed by atoms with Gasteiger partial charge in [-0.15, -0.1) is 0 Å². The van der Waals surface area contributed by atoms with E-state index < -0.39 is 12.1 Å². The fourth-order valence-corrected chi connectivity index (χ4v) is 2.79. The van der Waals surface area contributed by atoms with Crippen molar-refractivity contribution in [1.29, 1.82) is 0 Å². The Morgan fingerprint density at radius 1 is 1.18 bits per heavy atom. The van der Waals surface area contributed by atoms with Crippen molar-refractivity contribution in [3.63, 3.8) is 0 Å². The number of hydrogen-bond acceptors (Lipinski definition) is 5. The lowest BCUT2D eigenvalue weighted by molar-refractivity contribution is -0.176. The van der Waals surface area contributed by atoms with E-state index in [0.29, 0.717) is 13.0 Å². The molecule has 1 atom stereocenters. The summed E-state index contributed by atoms with van der Waals surface area (Å²) in [6.07, 6.45) is -2.42. The molecular formula is C12H10Cl2F3N5. The van der Waals surface area contributed by atoms with E-state index in [9.17, 15) is 13.2 Å². The van der Waals surface area contributed by atoms with Crippen LogP contribution in [0.15, 0.2) is 6.20 Å². The van der Waals surface area contributed by atoms with Crippen LogP contribution in [-0.2, 0) is 0 Å². The topological polar surface area (TPSA) is 54.8 Å². The molecule has 1 fully saturated rings. The van der Waals surface area contributed by atoms with Crippen molar-refractivity contribution in [2.45, 2.75) is 19.0 Å². The van der Waals surface area contributed by atoms with Crippen LogP contribution < -0.4 is 4.90 Å². The van der Waals surface area contributed by atoms with Crippen LogP contribution in [0.2, 0.25) is 10.4 Å². The lowest BCUT2D eigenvalue weighted by Crippen LogP contribution is -2.42. The summed E-state index contributed by atoms with van der Waals surface area (Å²) in [6, 6.07) is 0. The zero-order valence-corrected chi connectivity index (χ0v) is 12.6. The third kappa shape index (κ3) is 3.03. The van der Waals surface area contributed by atoms with Gasteiger partial charge >= 0.3 is 6.18 Å². The fourth-order valence-electron chi connectivity index (χ4n) is 2.50. The highest BCUT2D eigenvalue weighted by molar-refractivity contribution is 6.30. The van der Waals surface area contributed by atoms with Gasteiger partial charge in [0, 0.05) is 13.1 Å². The van der Waals surface area contributed by atoms with Crippen LogP contribution in [0, 0.1) is 5.92 Å². The van der Waals surface area contributed by atoms with Gasteiger partial charge in [-0.2, -0.15) is 23.1 Å². The van der Waals surface area contributed by atoms with Crippen LogP contribution in [0.5, 0.6) is 0 Å². The maximum atomic E-state index is 12.9. The molecule has 0 N–H and O–H groups in total.